The molecule has 0 fully saturated rings. The van der Waals surface area contributed by atoms with Crippen LogP contribution in [0.15, 0.2) is 30.4 Å². The summed E-state index contributed by atoms with van der Waals surface area (Å²) in [7, 11) is 1.22. The van der Waals surface area contributed by atoms with E-state index in [1.807, 2.05) is 0 Å². The summed E-state index contributed by atoms with van der Waals surface area (Å²) in [6.07, 6.45) is -0.539. The lowest BCUT2D eigenvalue weighted by molar-refractivity contribution is -0.138. The molecule has 0 bridgehead atoms. The molecule has 0 aliphatic heterocycles. The second-order valence-corrected chi connectivity index (χ2v) is 3.44. The molecular weight excluding hydrogens is 231 g/mol. The first-order valence-corrected chi connectivity index (χ1v) is 5.08. The highest BCUT2D eigenvalue weighted by Gasteiger charge is 2.34. The summed E-state index contributed by atoms with van der Waals surface area (Å²) in [5.74, 6) is -0.163. The van der Waals surface area contributed by atoms with Crippen molar-refractivity contribution in [2.45, 2.75) is 12.6 Å². The highest BCUT2D eigenvalue weighted by Crippen LogP contribution is 2.36. The van der Waals surface area contributed by atoms with Crippen molar-refractivity contribution in [3.8, 4) is 5.75 Å². The van der Waals surface area contributed by atoms with Gasteiger partial charge < -0.3 is 10.5 Å². The fourth-order valence-corrected chi connectivity index (χ4v) is 1.42. The van der Waals surface area contributed by atoms with E-state index in [-0.39, 0.29) is 5.75 Å². The summed E-state index contributed by atoms with van der Waals surface area (Å²) in [5, 5.41) is 0. The Morgan fingerprint density at radius 1 is 1.29 bits per heavy atom. The quantitative estimate of drug-likeness (QED) is 0.828. The van der Waals surface area contributed by atoms with Gasteiger partial charge in [0.1, 0.15) is 5.75 Å². The van der Waals surface area contributed by atoms with Crippen LogP contribution in [0.2, 0.25) is 0 Å². The molecule has 5 heteroatoms. The third-order valence-electron chi connectivity index (χ3n) is 2.23. The van der Waals surface area contributed by atoms with Gasteiger partial charge in [0.2, 0.25) is 0 Å². The van der Waals surface area contributed by atoms with Gasteiger partial charge >= 0.3 is 6.18 Å². The number of nitrogens with two attached hydrogens (primary N) is 1. The Morgan fingerprint density at radius 3 is 2.53 bits per heavy atom. The van der Waals surface area contributed by atoms with Crippen molar-refractivity contribution in [3.63, 3.8) is 0 Å². The van der Waals surface area contributed by atoms with E-state index in [0.29, 0.717) is 18.5 Å². The molecule has 0 saturated carbocycles. The summed E-state index contributed by atoms with van der Waals surface area (Å²) >= 11 is 0. The van der Waals surface area contributed by atoms with E-state index < -0.39 is 11.7 Å². The molecule has 1 aromatic carbocycles. The van der Waals surface area contributed by atoms with Crippen molar-refractivity contribution < 1.29 is 17.9 Å². The molecule has 0 unspecified atom stereocenters. The highest BCUT2D eigenvalue weighted by atomic mass is 19.4. The Morgan fingerprint density at radius 2 is 2.00 bits per heavy atom. The monoisotopic (exact) mass is 245 g/mol. The maximum atomic E-state index is 12.7. The number of benzene rings is 1. The van der Waals surface area contributed by atoms with Crippen molar-refractivity contribution >= 4 is 0 Å². The van der Waals surface area contributed by atoms with E-state index in [2.05, 4.69) is 0 Å². The third-order valence-corrected chi connectivity index (χ3v) is 2.23. The van der Waals surface area contributed by atoms with Crippen LogP contribution in [0.4, 0.5) is 13.2 Å². The Balaban J connectivity index is 3.01. The van der Waals surface area contributed by atoms with E-state index in [4.69, 9.17) is 10.5 Å². The normalized spacial score (nSPS) is 12.1. The van der Waals surface area contributed by atoms with Crippen molar-refractivity contribution in [1.29, 1.82) is 0 Å². The summed E-state index contributed by atoms with van der Waals surface area (Å²) in [6.45, 7) is 0.377. The molecule has 0 radical (unpaired) electrons. The summed E-state index contributed by atoms with van der Waals surface area (Å²) in [5.41, 5.74) is 5.07. The molecule has 0 aromatic heterocycles. The maximum Gasteiger partial charge on any atom is 0.419 e. The third kappa shape index (κ3) is 3.78. The first kappa shape index (κ1) is 13.6. The van der Waals surface area contributed by atoms with Gasteiger partial charge in [-0.15, -0.1) is 0 Å². The van der Waals surface area contributed by atoms with Gasteiger partial charge in [-0.2, -0.15) is 13.2 Å². The Hall–Kier alpha value is -1.49. The molecule has 94 valence electrons. The van der Waals surface area contributed by atoms with Crippen LogP contribution in [0.3, 0.4) is 0 Å². The smallest absolute Gasteiger partial charge is 0.419 e. The molecule has 0 saturated heterocycles. The van der Waals surface area contributed by atoms with Crippen LogP contribution in [0.5, 0.6) is 5.75 Å². The minimum atomic E-state index is -4.40. The Labute approximate surface area is 97.9 Å². The molecule has 1 aromatic rings. The van der Waals surface area contributed by atoms with Gasteiger partial charge in [-0.3, -0.25) is 0 Å². The van der Waals surface area contributed by atoms with E-state index >= 15 is 0 Å². The van der Waals surface area contributed by atoms with E-state index in [1.54, 1.807) is 18.2 Å². The first-order chi connectivity index (χ1) is 7.99. The van der Waals surface area contributed by atoms with E-state index in [1.165, 1.54) is 13.2 Å². The molecule has 2 nitrogen and oxygen atoms in total. The van der Waals surface area contributed by atoms with Gasteiger partial charge in [0.25, 0.3) is 0 Å². The van der Waals surface area contributed by atoms with Gasteiger partial charge in [0.15, 0.2) is 0 Å². The van der Waals surface area contributed by atoms with Gasteiger partial charge in [-0.25, -0.2) is 0 Å². The lowest BCUT2D eigenvalue weighted by Crippen LogP contribution is -2.08. The highest BCUT2D eigenvalue weighted by molar-refractivity contribution is 5.39. The SMILES string of the molecule is COc1ccc(C/C=C\CN)cc1C(F)(F)F. The summed E-state index contributed by atoms with van der Waals surface area (Å²) in [4.78, 5) is 0. The largest absolute Gasteiger partial charge is 0.496 e. The van der Waals surface area contributed by atoms with E-state index in [9.17, 15) is 13.2 Å². The summed E-state index contributed by atoms with van der Waals surface area (Å²) in [6, 6.07) is 4.03. The first-order valence-electron chi connectivity index (χ1n) is 5.08. The predicted molar refractivity (Wildman–Crippen MR) is 59.9 cm³/mol. The van der Waals surface area contributed by atoms with Crippen LogP contribution in [0.1, 0.15) is 11.1 Å². The van der Waals surface area contributed by atoms with Gasteiger partial charge in [-0.1, -0.05) is 18.2 Å². The molecule has 2 N–H and O–H groups in total. The van der Waals surface area contributed by atoms with Crippen LogP contribution >= 0.6 is 0 Å². The number of methoxy groups -OCH3 is 1. The number of rotatable bonds is 4. The molecule has 0 amide bonds. The number of halogens is 3. The lowest BCUT2D eigenvalue weighted by atomic mass is 10.1. The minimum Gasteiger partial charge on any atom is -0.496 e. The lowest BCUT2D eigenvalue weighted by Gasteiger charge is -2.12. The van der Waals surface area contributed by atoms with Gasteiger partial charge in [-0.05, 0) is 24.1 Å². The minimum absolute atomic E-state index is 0.163. The van der Waals surface area contributed by atoms with Crippen LogP contribution in [-0.2, 0) is 12.6 Å². The zero-order valence-electron chi connectivity index (χ0n) is 9.42. The number of alkyl halides is 3. The standard InChI is InChI=1S/C12H14F3NO/c1-17-11-6-5-9(4-2-3-7-16)8-10(11)12(13,14)15/h2-3,5-6,8H,4,7,16H2,1H3/b3-2-. The van der Waals surface area contributed by atoms with Crippen molar-refractivity contribution in [2.75, 3.05) is 13.7 Å². The molecule has 0 spiro atoms. The Bertz CT molecular complexity index is 399. The predicted octanol–water partition coefficient (Wildman–Crippen LogP) is 2.77. The van der Waals surface area contributed by atoms with Crippen molar-refractivity contribution in [3.05, 3.63) is 41.5 Å². The fraction of sp³-hybridized carbons (Fsp3) is 0.333. The molecule has 0 aliphatic carbocycles. The number of allylic oxidation sites excluding steroid dienone is 1. The number of ether oxygens (including phenoxy) is 1. The maximum absolute atomic E-state index is 12.7. The second kappa shape index (κ2) is 5.72. The fourth-order valence-electron chi connectivity index (χ4n) is 1.42. The number of hydrogen-bond acceptors (Lipinski definition) is 2. The molecule has 0 aliphatic rings. The Kier molecular flexibility index (Phi) is 4.57. The summed E-state index contributed by atoms with van der Waals surface area (Å²) < 4.78 is 42.8. The molecule has 17 heavy (non-hydrogen) atoms. The van der Waals surface area contributed by atoms with E-state index in [0.717, 1.165) is 6.07 Å². The zero-order chi connectivity index (χ0) is 12.9. The average molecular weight is 245 g/mol. The number of hydrogen-bond donors (Lipinski definition) is 1. The van der Waals surface area contributed by atoms with Gasteiger partial charge in [0.05, 0.1) is 12.7 Å². The molecule has 0 atom stereocenters. The molecule has 1 rings (SSSR count). The van der Waals surface area contributed by atoms with Crippen LogP contribution < -0.4 is 10.5 Å². The molecule has 0 heterocycles. The zero-order valence-corrected chi connectivity index (χ0v) is 9.42. The second-order valence-electron chi connectivity index (χ2n) is 3.44. The van der Waals surface area contributed by atoms with Crippen LogP contribution in [0, 0.1) is 0 Å². The van der Waals surface area contributed by atoms with Gasteiger partial charge in [0, 0.05) is 6.54 Å². The average Bonchev–Trinajstić information content (AvgIpc) is 2.28. The van der Waals surface area contributed by atoms with Crippen molar-refractivity contribution in [2.24, 2.45) is 5.73 Å². The topological polar surface area (TPSA) is 35.2 Å². The van der Waals surface area contributed by atoms with Crippen LogP contribution in [0.25, 0.3) is 0 Å². The molecular formula is C12H14F3NO. The van der Waals surface area contributed by atoms with Crippen molar-refractivity contribution in [1.82, 2.24) is 0 Å². The van der Waals surface area contributed by atoms with Crippen LogP contribution in [-0.4, -0.2) is 13.7 Å².